The summed E-state index contributed by atoms with van der Waals surface area (Å²) < 4.78 is 65.2. The van der Waals surface area contributed by atoms with Crippen LogP contribution in [0.15, 0.2) is 23.1 Å². The van der Waals surface area contributed by atoms with Crippen LogP contribution in [0.5, 0.6) is 0 Å². The van der Waals surface area contributed by atoms with E-state index < -0.39 is 48.9 Å². The molecule has 1 aromatic rings. The Morgan fingerprint density at radius 2 is 1.92 bits per heavy atom. The SMILES string of the molecule is O=C1CSC(=O)N1C1CCN(S(=O)(=O)c2ccc(Cl)c(C(F)(F)F)c2)C1. The highest BCUT2D eigenvalue weighted by Gasteiger charge is 2.43. The first kappa shape index (κ1) is 19.5. The highest BCUT2D eigenvalue weighted by molar-refractivity contribution is 8.14. The minimum atomic E-state index is -4.79. The topological polar surface area (TPSA) is 74.8 Å². The minimum absolute atomic E-state index is 0.00129. The monoisotopic (exact) mass is 428 g/mol. The normalized spacial score (nSPS) is 22.5. The van der Waals surface area contributed by atoms with Crippen LogP contribution in [0, 0.1) is 0 Å². The Hall–Kier alpha value is -1.30. The van der Waals surface area contributed by atoms with Gasteiger partial charge in [-0.15, -0.1) is 0 Å². The average Bonchev–Trinajstić information content (AvgIpc) is 3.13. The van der Waals surface area contributed by atoms with Crippen LogP contribution in [0.4, 0.5) is 18.0 Å². The average molecular weight is 429 g/mol. The van der Waals surface area contributed by atoms with E-state index in [0.717, 1.165) is 33.1 Å². The molecule has 2 amide bonds. The van der Waals surface area contributed by atoms with Crippen molar-refractivity contribution in [1.82, 2.24) is 9.21 Å². The Balaban J connectivity index is 1.86. The summed E-state index contributed by atoms with van der Waals surface area (Å²) in [6, 6.07) is 1.76. The van der Waals surface area contributed by atoms with Crippen LogP contribution in [-0.2, 0) is 21.0 Å². The predicted molar refractivity (Wildman–Crippen MR) is 88.3 cm³/mol. The highest BCUT2D eigenvalue weighted by Crippen LogP contribution is 2.37. The van der Waals surface area contributed by atoms with Gasteiger partial charge in [0.05, 0.1) is 27.3 Å². The molecule has 0 saturated carbocycles. The van der Waals surface area contributed by atoms with E-state index in [9.17, 15) is 31.2 Å². The molecule has 0 spiro atoms. The first-order valence-electron chi connectivity index (χ1n) is 7.37. The smallest absolute Gasteiger partial charge is 0.273 e. The summed E-state index contributed by atoms with van der Waals surface area (Å²) in [5, 5.41) is -1.04. The number of halogens is 4. The standard InChI is InChI=1S/C14H12ClF3N2O4S2/c15-11-2-1-9(5-10(11)14(16,17)18)26(23,24)19-4-3-8(6-19)20-12(21)7-25-13(20)22/h1-2,5,8H,3-4,6-7H2. The molecule has 0 aromatic heterocycles. The number of hydrogen-bond donors (Lipinski definition) is 0. The van der Waals surface area contributed by atoms with E-state index >= 15 is 0 Å². The van der Waals surface area contributed by atoms with Gasteiger partial charge in [-0.25, -0.2) is 8.42 Å². The molecule has 0 N–H and O–H groups in total. The van der Waals surface area contributed by atoms with Crippen LogP contribution in [0.2, 0.25) is 5.02 Å². The molecule has 2 aliphatic rings. The molecule has 6 nitrogen and oxygen atoms in total. The minimum Gasteiger partial charge on any atom is -0.273 e. The maximum absolute atomic E-state index is 13.0. The Morgan fingerprint density at radius 1 is 1.23 bits per heavy atom. The Morgan fingerprint density at radius 3 is 2.50 bits per heavy atom. The molecule has 26 heavy (non-hydrogen) atoms. The van der Waals surface area contributed by atoms with Gasteiger partial charge in [0.25, 0.3) is 5.24 Å². The van der Waals surface area contributed by atoms with Crippen molar-refractivity contribution in [3.05, 3.63) is 28.8 Å². The van der Waals surface area contributed by atoms with E-state index in [1.165, 1.54) is 0 Å². The summed E-state index contributed by atoms with van der Waals surface area (Å²) in [5.41, 5.74) is -1.24. The Bertz CT molecular complexity index is 859. The van der Waals surface area contributed by atoms with Gasteiger partial charge in [0.1, 0.15) is 0 Å². The van der Waals surface area contributed by atoms with E-state index in [1.807, 2.05) is 0 Å². The lowest BCUT2D eigenvalue weighted by Crippen LogP contribution is -2.41. The predicted octanol–water partition coefficient (Wildman–Crippen LogP) is 2.82. The van der Waals surface area contributed by atoms with Crippen LogP contribution in [0.3, 0.4) is 0 Å². The number of sulfonamides is 1. The maximum Gasteiger partial charge on any atom is 0.417 e. The fourth-order valence-corrected chi connectivity index (χ4v) is 5.41. The van der Waals surface area contributed by atoms with Gasteiger partial charge in [-0.2, -0.15) is 17.5 Å². The van der Waals surface area contributed by atoms with E-state index in [0.29, 0.717) is 6.07 Å². The first-order chi connectivity index (χ1) is 12.0. The van der Waals surface area contributed by atoms with E-state index in [2.05, 4.69) is 0 Å². The van der Waals surface area contributed by atoms with Gasteiger partial charge < -0.3 is 0 Å². The van der Waals surface area contributed by atoms with Crippen molar-refractivity contribution in [3.63, 3.8) is 0 Å². The van der Waals surface area contributed by atoms with Crippen LogP contribution < -0.4 is 0 Å². The maximum atomic E-state index is 13.0. The number of imide groups is 1. The molecule has 2 fully saturated rings. The van der Waals surface area contributed by atoms with Crippen molar-refractivity contribution in [1.29, 1.82) is 0 Å². The summed E-state index contributed by atoms with van der Waals surface area (Å²) in [6.07, 6.45) is -4.56. The lowest BCUT2D eigenvalue weighted by molar-refractivity contribution is -0.137. The number of amides is 2. The van der Waals surface area contributed by atoms with E-state index in [4.69, 9.17) is 11.6 Å². The van der Waals surface area contributed by atoms with Gasteiger partial charge in [-0.05, 0) is 24.6 Å². The third-order valence-electron chi connectivity index (χ3n) is 4.16. The summed E-state index contributed by atoms with van der Waals surface area (Å²) in [6.45, 7) is -0.150. The number of thioether (sulfide) groups is 1. The molecule has 2 saturated heterocycles. The van der Waals surface area contributed by atoms with Crippen molar-refractivity contribution >= 4 is 44.5 Å². The van der Waals surface area contributed by atoms with Gasteiger partial charge in [0.2, 0.25) is 15.9 Å². The quantitative estimate of drug-likeness (QED) is 0.740. The zero-order valence-electron chi connectivity index (χ0n) is 13.0. The summed E-state index contributed by atoms with van der Waals surface area (Å²) in [4.78, 5) is 24.0. The largest absolute Gasteiger partial charge is 0.417 e. The molecule has 12 heteroatoms. The highest BCUT2D eigenvalue weighted by atomic mass is 35.5. The van der Waals surface area contributed by atoms with Gasteiger partial charge in [0.15, 0.2) is 0 Å². The van der Waals surface area contributed by atoms with Crippen molar-refractivity contribution < 1.29 is 31.2 Å². The number of nitrogens with zero attached hydrogens (tertiary/aromatic N) is 2. The van der Waals surface area contributed by atoms with Gasteiger partial charge in [0, 0.05) is 13.1 Å². The molecule has 142 valence electrons. The van der Waals surface area contributed by atoms with Crippen LogP contribution in [0.1, 0.15) is 12.0 Å². The molecule has 0 radical (unpaired) electrons. The zero-order valence-corrected chi connectivity index (χ0v) is 15.4. The van der Waals surface area contributed by atoms with E-state index in [1.54, 1.807) is 0 Å². The molecule has 2 heterocycles. The summed E-state index contributed by atoms with van der Waals surface area (Å²) in [5.74, 6) is -0.385. The number of hydrogen-bond acceptors (Lipinski definition) is 5. The second-order valence-corrected chi connectivity index (χ2v) is 9.04. The van der Waals surface area contributed by atoms with Gasteiger partial charge in [-0.3, -0.25) is 14.5 Å². The number of rotatable bonds is 3. The molecular weight excluding hydrogens is 417 g/mol. The van der Waals surface area contributed by atoms with Crippen LogP contribution in [-0.4, -0.2) is 53.7 Å². The van der Waals surface area contributed by atoms with Crippen molar-refractivity contribution in [2.75, 3.05) is 18.8 Å². The second-order valence-electron chi connectivity index (χ2n) is 5.76. The lowest BCUT2D eigenvalue weighted by atomic mass is 10.2. The van der Waals surface area contributed by atoms with Crippen LogP contribution in [0.25, 0.3) is 0 Å². The third kappa shape index (κ3) is 3.45. The fraction of sp³-hybridized carbons (Fsp3) is 0.429. The van der Waals surface area contributed by atoms with E-state index in [-0.39, 0.29) is 25.3 Å². The molecule has 0 bridgehead atoms. The molecule has 2 aliphatic heterocycles. The Kier molecular flexibility index (Phi) is 5.01. The van der Waals surface area contributed by atoms with Crippen molar-refractivity contribution in [2.24, 2.45) is 0 Å². The number of alkyl halides is 3. The number of carbonyl (C=O) groups is 2. The number of carbonyl (C=O) groups excluding carboxylic acids is 2. The van der Waals surface area contributed by atoms with Gasteiger partial charge >= 0.3 is 6.18 Å². The first-order valence-corrected chi connectivity index (χ1v) is 10.2. The van der Waals surface area contributed by atoms with Gasteiger partial charge in [-0.1, -0.05) is 23.4 Å². The Labute approximate surface area is 156 Å². The van der Waals surface area contributed by atoms with Crippen LogP contribution >= 0.6 is 23.4 Å². The molecule has 1 atom stereocenters. The fourth-order valence-electron chi connectivity index (χ4n) is 2.89. The second kappa shape index (κ2) is 6.70. The molecule has 1 aromatic carbocycles. The summed E-state index contributed by atoms with van der Waals surface area (Å²) in [7, 11) is -4.22. The third-order valence-corrected chi connectivity index (χ3v) is 7.18. The molecule has 0 aliphatic carbocycles. The van der Waals surface area contributed by atoms with Crippen molar-refractivity contribution in [2.45, 2.75) is 23.5 Å². The molecule has 3 rings (SSSR count). The summed E-state index contributed by atoms with van der Waals surface area (Å²) >= 11 is 6.36. The number of benzene rings is 1. The molecular formula is C14H12ClF3N2O4S2. The molecule has 1 unspecified atom stereocenters. The zero-order chi connectivity index (χ0) is 19.3. The lowest BCUT2D eigenvalue weighted by Gasteiger charge is -2.22. The van der Waals surface area contributed by atoms with Crippen molar-refractivity contribution in [3.8, 4) is 0 Å².